The van der Waals surface area contributed by atoms with Crippen LogP contribution in [0.15, 0.2) is 0 Å². The molecule has 0 bridgehead atoms. The van der Waals surface area contributed by atoms with E-state index in [1.54, 1.807) is 0 Å². The highest BCUT2D eigenvalue weighted by molar-refractivity contribution is 6.15. The van der Waals surface area contributed by atoms with Crippen molar-refractivity contribution in [1.82, 2.24) is 9.80 Å². The van der Waals surface area contributed by atoms with Crippen LogP contribution in [0, 0.1) is 0 Å². The summed E-state index contributed by atoms with van der Waals surface area (Å²) in [6, 6.07) is 0. The summed E-state index contributed by atoms with van der Waals surface area (Å²) in [5, 5.41) is 0. The van der Waals surface area contributed by atoms with E-state index in [0.29, 0.717) is 4.28 Å². The molecule has 0 amide bonds. The molecule has 2 nitrogen and oxygen atoms in total. The van der Waals surface area contributed by atoms with Crippen LogP contribution in [0.4, 0.5) is 0 Å². The van der Waals surface area contributed by atoms with Crippen molar-refractivity contribution >= 4 is 16.3 Å². The summed E-state index contributed by atoms with van der Waals surface area (Å²) in [7, 11) is 8.62. The first kappa shape index (κ1) is 16.5. The fraction of sp³-hybridized carbons (Fsp3) is 1.00. The van der Waals surface area contributed by atoms with E-state index >= 15 is 0 Å². The smallest absolute Gasteiger partial charge is 0.129 e. The van der Waals surface area contributed by atoms with Crippen LogP contribution < -0.4 is 0 Å². The van der Waals surface area contributed by atoms with Crippen molar-refractivity contribution in [1.29, 1.82) is 0 Å². The van der Waals surface area contributed by atoms with E-state index in [9.17, 15) is 0 Å². The van der Waals surface area contributed by atoms with Gasteiger partial charge in [0.2, 0.25) is 0 Å². The highest BCUT2D eigenvalue weighted by atomic mass is 27.0. The number of nitrogens with zero attached hydrogens (tertiary/aromatic N) is 2. The predicted octanol–water partition coefficient (Wildman–Crippen LogP) is 2.41. The monoisotopic (exact) mass is 240 g/mol. The van der Waals surface area contributed by atoms with Crippen molar-refractivity contribution < 1.29 is 0 Å². The lowest BCUT2D eigenvalue weighted by atomic mass is 9.93. The van der Waals surface area contributed by atoms with Gasteiger partial charge in [0, 0.05) is 0 Å². The summed E-state index contributed by atoms with van der Waals surface area (Å²) in [6.45, 7) is 4.74. The van der Waals surface area contributed by atoms with Crippen LogP contribution in [0.3, 0.4) is 0 Å². The standard InChI is InChI=1S/C13H29N2.Al/c1-6-13(9-7-11-14(2)3)10-8-12-15(4)5;/h6-12H2,1-5H3;. The molecule has 0 aromatic heterocycles. The van der Waals surface area contributed by atoms with E-state index in [1.165, 1.54) is 45.2 Å². The highest BCUT2D eigenvalue weighted by Gasteiger charge is 2.19. The molecule has 0 atom stereocenters. The quantitative estimate of drug-likeness (QED) is 0.571. The van der Waals surface area contributed by atoms with E-state index in [1.807, 2.05) is 0 Å². The number of rotatable bonds is 9. The number of hydrogen-bond donors (Lipinski definition) is 0. The van der Waals surface area contributed by atoms with Gasteiger partial charge in [-0.15, -0.1) is 0 Å². The molecule has 0 saturated carbocycles. The maximum atomic E-state index is 3.12. The third-order valence-corrected chi connectivity index (χ3v) is 4.25. The Kier molecular flexibility index (Phi) is 8.77. The Morgan fingerprint density at radius 2 is 1.25 bits per heavy atom. The predicted molar refractivity (Wildman–Crippen MR) is 74.3 cm³/mol. The third kappa shape index (κ3) is 8.59. The molecule has 0 N–H and O–H groups in total. The fourth-order valence-electron chi connectivity index (χ4n) is 1.97. The second-order valence-corrected chi connectivity index (χ2v) is 6.75. The molecular weight excluding hydrogens is 211 g/mol. The first-order valence-electron chi connectivity index (χ1n) is 6.48. The van der Waals surface area contributed by atoms with E-state index < -0.39 is 0 Å². The first-order chi connectivity index (χ1) is 7.39. The van der Waals surface area contributed by atoms with E-state index in [0.717, 1.165) is 0 Å². The third-order valence-electron chi connectivity index (χ3n) is 3.26. The normalized spacial score (nSPS) is 12.7. The summed E-state index contributed by atoms with van der Waals surface area (Å²) in [6.07, 6.45) is 6.57. The van der Waals surface area contributed by atoms with Crippen LogP contribution in [0.2, 0.25) is 4.28 Å². The molecule has 0 heterocycles. The topological polar surface area (TPSA) is 6.48 Å². The summed E-state index contributed by atoms with van der Waals surface area (Å²) in [5.74, 6) is 0. The van der Waals surface area contributed by atoms with Crippen LogP contribution in [-0.4, -0.2) is 67.4 Å². The molecule has 0 unspecified atom stereocenters. The maximum absolute atomic E-state index is 3.12. The molecule has 0 aliphatic heterocycles. The molecule has 0 aliphatic rings. The van der Waals surface area contributed by atoms with Crippen LogP contribution in [-0.2, 0) is 0 Å². The lowest BCUT2D eigenvalue weighted by molar-refractivity contribution is 0.337. The molecule has 0 aromatic rings. The summed E-state index contributed by atoms with van der Waals surface area (Å²) in [5.41, 5.74) is 0. The minimum atomic E-state index is 0.478. The van der Waals surface area contributed by atoms with E-state index in [-0.39, 0.29) is 0 Å². The first-order valence-corrected chi connectivity index (χ1v) is 7.06. The molecule has 0 spiro atoms. The lowest BCUT2D eigenvalue weighted by Crippen LogP contribution is -2.20. The molecular formula is C13H29AlN2. The largest absolute Gasteiger partial charge is 0.309 e. The number of hydrogen-bond acceptors (Lipinski definition) is 2. The fourth-order valence-corrected chi connectivity index (χ4v) is 2.38. The van der Waals surface area contributed by atoms with Gasteiger partial charge in [0.1, 0.15) is 16.3 Å². The Labute approximate surface area is 111 Å². The van der Waals surface area contributed by atoms with E-state index in [2.05, 4.69) is 61.2 Å². The Bertz CT molecular complexity index is 155. The minimum absolute atomic E-state index is 0.478. The van der Waals surface area contributed by atoms with Gasteiger partial charge in [-0.2, -0.15) is 0 Å². The zero-order valence-corrected chi connectivity index (χ0v) is 13.1. The van der Waals surface area contributed by atoms with Crippen LogP contribution >= 0.6 is 0 Å². The van der Waals surface area contributed by atoms with Crippen LogP contribution in [0.5, 0.6) is 0 Å². The van der Waals surface area contributed by atoms with Gasteiger partial charge in [0.05, 0.1) is 0 Å². The van der Waals surface area contributed by atoms with Gasteiger partial charge in [-0.25, -0.2) is 0 Å². The van der Waals surface area contributed by atoms with Crippen molar-refractivity contribution in [2.75, 3.05) is 41.3 Å². The molecule has 0 aromatic carbocycles. The molecule has 0 saturated heterocycles. The van der Waals surface area contributed by atoms with Gasteiger partial charge in [-0.1, -0.05) is 30.5 Å². The molecule has 0 fully saturated rings. The highest BCUT2D eigenvalue weighted by Crippen LogP contribution is 2.37. The average molecular weight is 240 g/mol. The zero-order valence-electron chi connectivity index (χ0n) is 11.9. The van der Waals surface area contributed by atoms with Gasteiger partial charge in [0.15, 0.2) is 0 Å². The lowest BCUT2D eigenvalue weighted by Gasteiger charge is -2.31. The van der Waals surface area contributed by atoms with Gasteiger partial charge in [-0.05, 0) is 54.1 Å². The van der Waals surface area contributed by atoms with Crippen molar-refractivity contribution in [3.63, 3.8) is 0 Å². The van der Waals surface area contributed by atoms with Crippen LogP contribution in [0.25, 0.3) is 0 Å². The summed E-state index contributed by atoms with van der Waals surface area (Å²) >= 11 is 3.12. The van der Waals surface area contributed by atoms with Crippen LogP contribution in [0.1, 0.15) is 39.0 Å². The molecule has 16 heavy (non-hydrogen) atoms. The Morgan fingerprint density at radius 3 is 1.50 bits per heavy atom. The van der Waals surface area contributed by atoms with Crippen molar-refractivity contribution in [2.24, 2.45) is 0 Å². The maximum Gasteiger partial charge on any atom is 0.129 e. The van der Waals surface area contributed by atoms with Gasteiger partial charge >= 0.3 is 0 Å². The van der Waals surface area contributed by atoms with Gasteiger partial charge in [0.25, 0.3) is 0 Å². The second kappa shape index (κ2) is 8.53. The van der Waals surface area contributed by atoms with E-state index in [4.69, 9.17) is 0 Å². The molecule has 3 heteroatoms. The van der Waals surface area contributed by atoms with Gasteiger partial charge < -0.3 is 9.80 Å². The van der Waals surface area contributed by atoms with Crippen molar-refractivity contribution in [3.8, 4) is 0 Å². The van der Waals surface area contributed by atoms with Gasteiger partial charge in [-0.3, -0.25) is 0 Å². The molecule has 2 radical (unpaired) electrons. The SMILES string of the molecule is CC[C]([Al])(CCCN(C)C)CCCN(C)C. The molecule has 0 rings (SSSR count). The Balaban J connectivity index is 3.81. The van der Waals surface area contributed by atoms with Crippen molar-refractivity contribution in [2.45, 2.75) is 43.3 Å². The average Bonchev–Trinajstić information content (AvgIpc) is 2.16. The summed E-state index contributed by atoms with van der Waals surface area (Å²) < 4.78 is 0.478. The molecule has 94 valence electrons. The minimum Gasteiger partial charge on any atom is -0.309 e. The Morgan fingerprint density at radius 1 is 0.875 bits per heavy atom. The Hall–Kier alpha value is 0.452. The zero-order chi connectivity index (χ0) is 12.6. The second-order valence-electron chi connectivity index (χ2n) is 5.53. The molecule has 0 aliphatic carbocycles. The van der Waals surface area contributed by atoms with Crippen molar-refractivity contribution in [3.05, 3.63) is 0 Å². The summed E-state index contributed by atoms with van der Waals surface area (Å²) in [4.78, 5) is 4.56.